The summed E-state index contributed by atoms with van der Waals surface area (Å²) in [5.41, 5.74) is 6.11. The molecule has 1 aliphatic carbocycles. The number of carbonyl (C=O) groups excluding carboxylic acids is 1. The van der Waals surface area contributed by atoms with Gasteiger partial charge in [-0.2, -0.15) is 0 Å². The zero-order valence-corrected chi connectivity index (χ0v) is 12.2. The smallest absolute Gasteiger partial charge is 0.224 e. The number of hydrogen-bond acceptors (Lipinski definition) is 4. The molecule has 5 heteroatoms. The fraction of sp³-hybridized carbons (Fsp3) is 0.929. The SMILES string of the molecule is COCCOCCCNC(=O)C1CCCC(C)C1N. The summed E-state index contributed by atoms with van der Waals surface area (Å²) in [6.07, 6.45) is 3.99. The molecule has 1 rings (SSSR count). The molecule has 0 saturated heterocycles. The molecule has 112 valence electrons. The van der Waals surface area contributed by atoms with Crippen molar-refractivity contribution in [3.05, 3.63) is 0 Å². The van der Waals surface area contributed by atoms with Gasteiger partial charge in [-0.15, -0.1) is 0 Å². The van der Waals surface area contributed by atoms with Crippen LogP contribution in [0.5, 0.6) is 0 Å². The van der Waals surface area contributed by atoms with Crippen molar-refractivity contribution < 1.29 is 14.3 Å². The lowest BCUT2D eigenvalue weighted by atomic mass is 9.78. The number of ether oxygens (including phenoxy) is 2. The van der Waals surface area contributed by atoms with Crippen LogP contribution >= 0.6 is 0 Å². The molecular weight excluding hydrogens is 244 g/mol. The quantitative estimate of drug-likeness (QED) is 0.644. The number of hydrogen-bond donors (Lipinski definition) is 2. The topological polar surface area (TPSA) is 73.6 Å². The molecule has 0 bridgehead atoms. The van der Waals surface area contributed by atoms with Crippen LogP contribution in [0.3, 0.4) is 0 Å². The molecule has 1 saturated carbocycles. The highest BCUT2D eigenvalue weighted by Gasteiger charge is 2.32. The molecule has 19 heavy (non-hydrogen) atoms. The molecule has 3 N–H and O–H groups in total. The van der Waals surface area contributed by atoms with E-state index in [1.165, 1.54) is 0 Å². The second-order valence-electron chi connectivity index (χ2n) is 5.34. The summed E-state index contributed by atoms with van der Waals surface area (Å²) >= 11 is 0. The molecule has 3 atom stereocenters. The van der Waals surface area contributed by atoms with E-state index in [2.05, 4.69) is 12.2 Å². The minimum absolute atomic E-state index is 0.00621. The standard InChI is InChI=1S/C14H28N2O3/c1-11-5-3-6-12(13(11)15)14(17)16-7-4-8-19-10-9-18-2/h11-13H,3-10,15H2,1-2H3,(H,16,17). The third-order valence-electron chi connectivity index (χ3n) is 3.83. The normalized spacial score (nSPS) is 27.2. The minimum atomic E-state index is -0.0156. The fourth-order valence-corrected chi connectivity index (χ4v) is 2.51. The van der Waals surface area contributed by atoms with Gasteiger partial charge in [0.25, 0.3) is 0 Å². The van der Waals surface area contributed by atoms with Crippen LogP contribution in [0.15, 0.2) is 0 Å². The van der Waals surface area contributed by atoms with Crippen molar-refractivity contribution in [2.75, 3.05) is 33.5 Å². The van der Waals surface area contributed by atoms with Crippen molar-refractivity contribution in [1.29, 1.82) is 0 Å². The maximum absolute atomic E-state index is 12.0. The Balaban J connectivity index is 2.10. The van der Waals surface area contributed by atoms with Crippen molar-refractivity contribution in [2.45, 2.75) is 38.6 Å². The van der Waals surface area contributed by atoms with Gasteiger partial charge in [-0.05, 0) is 25.2 Å². The average Bonchev–Trinajstić information content (AvgIpc) is 2.40. The van der Waals surface area contributed by atoms with E-state index in [-0.39, 0.29) is 17.9 Å². The fourth-order valence-electron chi connectivity index (χ4n) is 2.51. The van der Waals surface area contributed by atoms with Crippen LogP contribution in [-0.2, 0) is 14.3 Å². The first-order chi connectivity index (χ1) is 9.16. The summed E-state index contributed by atoms with van der Waals surface area (Å²) < 4.78 is 10.2. The summed E-state index contributed by atoms with van der Waals surface area (Å²) in [5.74, 6) is 0.538. The summed E-state index contributed by atoms with van der Waals surface area (Å²) in [6, 6.07) is 0.00621. The molecule has 5 nitrogen and oxygen atoms in total. The zero-order chi connectivity index (χ0) is 14.1. The Morgan fingerprint density at radius 1 is 1.32 bits per heavy atom. The number of nitrogens with one attached hydrogen (secondary N) is 1. The van der Waals surface area contributed by atoms with Gasteiger partial charge in [0.2, 0.25) is 5.91 Å². The van der Waals surface area contributed by atoms with Gasteiger partial charge in [0.1, 0.15) is 0 Å². The van der Waals surface area contributed by atoms with E-state index in [1.54, 1.807) is 7.11 Å². The van der Waals surface area contributed by atoms with Gasteiger partial charge in [0.15, 0.2) is 0 Å². The van der Waals surface area contributed by atoms with Crippen molar-refractivity contribution in [3.8, 4) is 0 Å². The van der Waals surface area contributed by atoms with Gasteiger partial charge < -0.3 is 20.5 Å². The van der Waals surface area contributed by atoms with Crippen molar-refractivity contribution in [3.63, 3.8) is 0 Å². The van der Waals surface area contributed by atoms with E-state index in [0.717, 1.165) is 25.7 Å². The molecule has 1 aliphatic rings. The predicted octanol–water partition coefficient (Wildman–Crippen LogP) is 0.919. The van der Waals surface area contributed by atoms with Crippen LogP contribution in [0, 0.1) is 11.8 Å². The molecular formula is C14H28N2O3. The Labute approximate surface area is 116 Å². The summed E-state index contributed by atoms with van der Waals surface area (Å²) in [6.45, 7) is 4.66. The van der Waals surface area contributed by atoms with Gasteiger partial charge in [-0.25, -0.2) is 0 Å². The molecule has 0 aromatic carbocycles. The third-order valence-corrected chi connectivity index (χ3v) is 3.83. The Bertz CT molecular complexity index is 261. The maximum atomic E-state index is 12.0. The van der Waals surface area contributed by atoms with E-state index in [0.29, 0.717) is 32.3 Å². The molecule has 3 unspecified atom stereocenters. The third kappa shape index (κ3) is 5.89. The summed E-state index contributed by atoms with van der Waals surface area (Å²) in [5, 5.41) is 2.96. The highest BCUT2D eigenvalue weighted by molar-refractivity contribution is 5.79. The predicted molar refractivity (Wildman–Crippen MR) is 74.8 cm³/mol. The maximum Gasteiger partial charge on any atom is 0.224 e. The van der Waals surface area contributed by atoms with E-state index >= 15 is 0 Å². The first kappa shape index (κ1) is 16.4. The molecule has 0 spiro atoms. The Kier molecular flexibility index (Phi) is 8.02. The van der Waals surface area contributed by atoms with Crippen LogP contribution in [0.25, 0.3) is 0 Å². The van der Waals surface area contributed by atoms with Crippen LogP contribution in [0.1, 0.15) is 32.6 Å². The molecule has 0 aromatic rings. The molecule has 1 amide bonds. The highest BCUT2D eigenvalue weighted by atomic mass is 16.5. The van der Waals surface area contributed by atoms with Gasteiger partial charge in [0, 0.05) is 26.3 Å². The molecule has 0 aliphatic heterocycles. The first-order valence-electron chi connectivity index (χ1n) is 7.26. The summed E-state index contributed by atoms with van der Waals surface area (Å²) in [4.78, 5) is 12.0. The Morgan fingerprint density at radius 3 is 2.84 bits per heavy atom. The molecule has 0 radical (unpaired) electrons. The number of rotatable bonds is 8. The Morgan fingerprint density at radius 2 is 2.11 bits per heavy atom. The lowest BCUT2D eigenvalue weighted by molar-refractivity contribution is -0.127. The number of methoxy groups -OCH3 is 1. The largest absolute Gasteiger partial charge is 0.382 e. The van der Waals surface area contributed by atoms with Crippen LogP contribution in [-0.4, -0.2) is 45.4 Å². The van der Waals surface area contributed by atoms with Gasteiger partial charge >= 0.3 is 0 Å². The number of amides is 1. The van der Waals surface area contributed by atoms with Crippen molar-refractivity contribution in [2.24, 2.45) is 17.6 Å². The number of carbonyl (C=O) groups is 1. The first-order valence-corrected chi connectivity index (χ1v) is 7.26. The van der Waals surface area contributed by atoms with E-state index in [9.17, 15) is 4.79 Å². The molecule has 0 heterocycles. The van der Waals surface area contributed by atoms with Crippen LogP contribution < -0.4 is 11.1 Å². The average molecular weight is 272 g/mol. The lowest BCUT2D eigenvalue weighted by Crippen LogP contribution is -2.47. The van der Waals surface area contributed by atoms with Crippen molar-refractivity contribution >= 4 is 5.91 Å². The molecule has 0 aromatic heterocycles. The highest BCUT2D eigenvalue weighted by Crippen LogP contribution is 2.27. The van der Waals surface area contributed by atoms with Crippen molar-refractivity contribution in [1.82, 2.24) is 5.32 Å². The molecule has 1 fully saturated rings. The monoisotopic (exact) mass is 272 g/mol. The minimum Gasteiger partial charge on any atom is -0.382 e. The Hall–Kier alpha value is -0.650. The van der Waals surface area contributed by atoms with E-state index < -0.39 is 0 Å². The van der Waals surface area contributed by atoms with Gasteiger partial charge in [-0.1, -0.05) is 13.3 Å². The lowest BCUT2D eigenvalue weighted by Gasteiger charge is -2.32. The second-order valence-corrected chi connectivity index (χ2v) is 5.34. The van der Waals surface area contributed by atoms with E-state index in [4.69, 9.17) is 15.2 Å². The van der Waals surface area contributed by atoms with E-state index in [1.807, 2.05) is 0 Å². The van der Waals surface area contributed by atoms with Gasteiger partial charge in [-0.3, -0.25) is 4.79 Å². The number of nitrogens with two attached hydrogens (primary N) is 1. The van der Waals surface area contributed by atoms with Gasteiger partial charge in [0.05, 0.1) is 19.1 Å². The zero-order valence-electron chi connectivity index (χ0n) is 12.2. The second kappa shape index (κ2) is 9.28. The van der Waals surface area contributed by atoms with Crippen LogP contribution in [0.4, 0.5) is 0 Å². The summed E-state index contributed by atoms with van der Waals surface area (Å²) in [7, 11) is 1.65. The van der Waals surface area contributed by atoms with Crippen LogP contribution in [0.2, 0.25) is 0 Å².